The lowest BCUT2D eigenvalue weighted by Gasteiger charge is -2.14. The van der Waals surface area contributed by atoms with Crippen LogP contribution in [0.15, 0.2) is 84.4 Å². The lowest BCUT2D eigenvalue weighted by atomic mass is 10.1. The molecule has 0 aliphatic carbocycles. The van der Waals surface area contributed by atoms with E-state index in [1.54, 1.807) is 6.08 Å². The molecular weight excluding hydrogens is 372 g/mol. The van der Waals surface area contributed by atoms with Crippen molar-refractivity contribution in [2.24, 2.45) is 0 Å². The zero-order chi connectivity index (χ0) is 21.3. The Labute approximate surface area is 177 Å². The molecule has 3 aromatic carbocycles. The maximum absolute atomic E-state index is 12.6. The third-order valence-corrected chi connectivity index (χ3v) is 4.75. The molecular formula is C26H24N2O2. The molecule has 0 aromatic heterocycles. The van der Waals surface area contributed by atoms with Crippen LogP contribution in [0.2, 0.25) is 0 Å². The van der Waals surface area contributed by atoms with Crippen LogP contribution in [-0.2, 0) is 11.4 Å². The second-order valence-corrected chi connectivity index (χ2v) is 7.09. The number of hydrogen-bond acceptors (Lipinski definition) is 3. The first kappa shape index (κ1) is 20.9. The van der Waals surface area contributed by atoms with Crippen molar-refractivity contribution in [3.63, 3.8) is 0 Å². The van der Waals surface area contributed by atoms with Gasteiger partial charge in [0.1, 0.15) is 24.0 Å². The van der Waals surface area contributed by atoms with E-state index in [9.17, 15) is 10.1 Å². The molecule has 0 unspecified atom stereocenters. The number of benzene rings is 3. The van der Waals surface area contributed by atoms with Gasteiger partial charge in [-0.1, -0.05) is 78.4 Å². The minimum atomic E-state index is -0.415. The van der Waals surface area contributed by atoms with Crippen molar-refractivity contribution >= 4 is 12.0 Å². The summed E-state index contributed by atoms with van der Waals surface area (Å²) in [5, 5.41) is 12.4. The number of nitriles is 1. The Balaban J connectivity index is 1.74. The van der Waals surface area contributed by atoms with Gasteiger partial charge in [0, 0.05) is 5.56 Å². The van der Waals surface area contributed by atoms with E-state index in [2.05, 4.69) is 5.32 Å². The van der Waals surface area contributed by atoms with E-state index < -0.39 is 5.91 Å². The van der Waals surface area contributed by atoms with E-state index in [4.69, 9.17) is 4.74 Å². The van der Waals surface area contributed by atoms with E-state index in [1.165, 1.54) is 5.56 Å². The van der Waals surface area contributed by atoms with Crippen molar-refractivity contribution in [2.45, 2.75) is 26.5 Å². The van der Waals surface area contributed by atoms with Crippen molar-refractivity contribution < 1.29 is 9.53 Å². The van der Waals surface area contributed by atoms with Gasteiger partial charge in [-0.05, 0) is 37.1 Å². The summed E-state index contributed by atoms with van der Waals surface area (Å²) < 4.78 is 5.95. The molecule has 0 saturated heterocycles. The number of aryl methyl sites for hydroxylation is 1. The Morgan fingerprint density at radius 1 is 1.03 bits per heavy atom. The molecule has 0 radical (unpaired) electrons. The molecule has 1 amide bonds. The molecule has 4 heteroatoms. The van der Waals surface area contributed by atoms with Crippen LogP contribution < -0.4 is 10.1 Å². The van der Waals surface area contributed by atoms with Crippen molar-refractivity contribution in [2.75, 3.05) is 0 Å². The molecule has 0 saturated carbocycles. The van der Waals surface area contributed by atoms with Gasteiger partial charge in [0.2, 0.25) is 0 Å². The zero-order valence-corrected chi connectivity index (χ0v) is 17.1. The number of carbonyl (C=O) groups excluding carboxylic acids is 1. The average Bonchev–Trinajstić information content (AvgIpc) is 2.78. The molecule has 1 atom stereocenters. The summed E-state index contributed by atoms with van der Waals surface area (Å²) in [6, 6.07) is 26.9. The SMILES string of the molecule is Cc1ccc(COc2ccccc2/C=C(/C#N)C(=O)N[C@@H](C)c2ccccc2)cc1. The Kier molecular flexibility index (Phi) is 7.02. The van der Waals surface area contributed by atoms with Gasteiger partial charge in [0.25, 0.3) is 5.91 Å². The first-order valence-electron chi connectivity index (χ1n) is 9.82. The summed E-state index contributed by atoms with van der Waals surface area (Å²) in [5.41, 5.74) is 3.93. The third-order valence-electron chi connectivity index (χ3n) is 4.75. The van der Waals surface area contributed by atoms with Crippen molar-refractivity contribution in [1.29, 1.82) is 5.26 Å². The Morgan fingerprint density at radius 3 is 2.40 bits per heavy atom. The second-order valence-electron chi connectivity index (χ2n) is 7.09. The number of nitrogens with zero attached hydrogens (tertiary/aromatic N) is 1. The van der Waals surface area contributed by atoms with E-state index >= 15 is 0 Å². The molecule has 0 aliphatic heterocycles. The van der Waals surface area contributed by atoms with Gasteiger partial charge in [-0.2, -0.15) is 5.26 Å². The lowest BCUT2D eigenvalue weighted by Crippen LogP contribution is -2.27. The second kappa shape index (κ2) is 10.1. The standard InChI is InChI=1S/C26H24N2O2/c1-19-12-14-21(15-13-19)18-30-25-11-7-6-10-23(25)16-24(17-27)26(29)28-20(2)22-8-4-3-5-9-22/h3-16,20H,18H2,1-2H3,(H,28,29)/b24-16-/t20-/m0/s1. The van der Waals surface area contributed by atoms with Gasteiger partial charge in [-0.25, -0.2) is 0 Å². The molecule has 30 heavy (non-hydrogen) atoms. The van der Waals surface area contributed by atoms with E-state index in [0.717, 1.165) is 11.1 Å². The molecule has 0 bridgehead atoms. The predicted molar refractivity (Wildman–Crippen MR) is 119 cm³/mol. The number of para-hydroxylation sites is 1. The van der Waals surface area contributed by atoms with Crippen LogP contribution in [-0.4, -0.2) is 5.91 Å². The molecule has 3 rings (SSSR count). The fraction of sp³-hybridized carbons (Fsp3) is 0.154. The Bertz CT molecular complexity index is 1060. The van der Waals surface area contributed by atoms with Gasteiger partial charge in [-0.15, -0.1) is 0 Å². The highest BCUT2D eigenvalue weighted by Crippen LogP contribution is 2.23. The number of ether oxygens (including phenoxy) is 1. The smallest absolute Gasteiger partial charge is 0.262 e. The number of amides is 1. The summed E-state index contributed by atoms with van der Waals surface area (Å²) in [6.45, 7) is 4.34. The van der Waals surface area contributed by atoms with Crippen LogP contribution in [0.25, 0.3) is 6.08 Å². The maximum atomic E-state index is 12.6. The van der Waals surface area contributed by atoms with Gasteiger partial charge >= 0.3 is 0 Å². The highest BCUT2D eigenvalue weighted by Gasteiger charge is 2.14. The summed E-state index contributed by atoms with van der Waals surface area (Å²) in [4.78, 5) is 12.6. The molecule has 0 heterocycles. The summed E-state index contributed by atoms with van der Waals surface area (Å²) >= 11 is 0. The fourth-order valence-corrected chi connectivity index (χ4v) is 2.98. The van der Waals surface area contributed by atoms with Gasteiger partial charge in [0.15, 0.2) is 0 Å². The Hall–Kier alpha value is -3.84. The molecule has 150 valence electrons. The van der Waals surface area contributed by atoms with Crippen LogP contribution in [0.4, 0.5) is 0 Å². The maximum Gasteiger partial charge on any atom is 0.262 e. The highest BCUT2D eigenvalue weighted by atomic mass is 16.5. The molecule has 3 aromatic rings. The normalized spacial score (nSPS) is 12.0. The van der Waals surface area contributed by atoms with Crippen LogP contribution in [0, 0.1) is 18.3 Å². The number of hydrogen-bond donors (Lipinski definition) is 1. The highest BCUT2D eigenvalue weighted by molar-refractivity contribution is 6.02. The number of nitrogens with one attached hydrogen (secondary N) is 1. The number of carbonyl (C=O) groups is 1. The first-order chi connectivity index (χ1) is 14.6. The van der Waals surface area contributed by atoms with Crippen LogP contribution in [0.5, 0.6) is 5.75 Å². The lowest BCUT2D eigenvalue weighted by molar-refractivity contribution is -0.117. The first-order valence-corrected chi connectivity index (χ1v) is 9.82. The number of rotatable bonds is 7. The molecule has 4 nitrogen and oxygen atoms in total. The molecule has 0 fully saturated rings. The Morgan fingerprint density at radius 2 is 1.70 bits per heavy atom. The van der Waals surface area contributed by atoms with Crippen LogP contribution in [0.1, 0.15) is 35.2 Å². The monoisotopic (exact) mass is 396 g/mol. The van der Waals surface area contributed by atoms with Gasteiger partial charge in [0.05, 0.1) is 6.04 Å². The van der Waals surface area contributed by atoms with Crippen LogP contribution in [0.3, 0.4) is 0 Å². The van der Waals surface area contributed by atoms with Crippen molar-refractivity contribution in [3.05, 3.63) is 107 Å². The van der Waals surface area contributed by atoms with Crippen molar-refractivity contribution in [1.82, 2.24) is 5.32 Å². The molecule has 1 N–H and O–H groups in total. The fourth-order valence-electron chi connectivity index (χ4n) is 2.98. The summed E-state index contributed by atoms with van der Waals surface area (Å²) in [5.74, 6) is 0.205. The minimum absolute atomic E-state index is 0.0316. The zero-order valence-electron chi connectivity index (χ0n) is 17.1. The van der Waals surface area contributed by atoms with E-state index in [-0.39, 0.29) is 11.6 Å². The van der Waals surface area contributed by atoms with Gasteiger partial charge in [-0.3, -0.25) is 4.79 Å². The largest absolute Gasteiger partial charge is 0.488 e. The van der Waals surface area contributed by atoms with Crippen molar-refractivity contribution in [3.8, 4) is 11.8 Å². The summed E-state index contributed by atoms with van der Waals surface area (Å²) in [7, 11) is 0. The van der Waals surface area contributed by atoms with Gasteiger partial charge < -0.3 is 10.1 Å². The average molecular weight is 396 g/mol. The molecule has 0 aliphatic rings. The van der Waals surface area contributed by atoms with Crippen LogP contribution >= 0.6 is 0 Å². The van der Waals surface area contributed by atoms with E-state index in [1.807, 2.05) is 98.8 Å². The third kappa shape index (κ3) is 5.59. The minimum Gasteiger partial charge on any atom is -0.488 e. The quantitative estimate of drug-likeness (QED) is 0.432. The van der Waals surface area contributed by atoms with E-state index in [0.29, 0.717) is 17.9 Å². The summed E-state index contributed by atoms with van der Waals surface area (Å²) in [6.07, 6.45) is 1.57. The topological polar surface area (TPSA) is 62.1 Å². The predicted octanol–water partition coefficient (Wildman–Crippen LogP) is 5.36. The molecule has 0 spiro atoms.